The first-order valence-corrected chi connectivity index (χ1v) is 8.24. The Morgan fingerprint density at radius 3 is 2.86 bits per heavy atom. The summed E-state index contributed by atoms with van der Waals surface area (Å²) in [5.41, 5.74) is 2.54. The van der Waals surface area contributed by atoms with Crippen molar-refractivity contribution in [3.8, 4) is 0 Å². The van der Waals surface area contributed by atoms with Crippen molar-refractivity contribution in [1.29, 1.82) is 0 Å². The predicted octanol–water partition coefficient (Wildman–Crippen LogP) is 4.21. The first-order chi connectivity index (χ1) is 10.4. The minimum Gasteiger partial charge on any atom is -0.361 e. The maximum Gasteiger partial charge on any atom is 0.254 e. The fraction of sp³-hybridized carbons (Fsp3) is 0.526. The summed E-state index contributed by atoms with van der Waals surface area (Å²) < 4.78 is 0. The molecule has 1 aromatic carbocycles. The van der Waals surface area contributed by atoms with Crippen LogP contribution in [0.3, 0.4) is 0 Å². The van der Waals surface area contributed by atoms with Crippen LogP contribution in [0.4, 0.5) is 0 Å². The number of aromatic amines is 1. The van der Waals surface area contributed by atoms with Crippen LogP contribution >= 0.6 is 0 Å². The maximum atomic E-state index is 13.0. The molecule has 3 nitrogen and oxygen atoms in total. The highest BCUT2D eigenvalue weighted by molar-refractivity contribution is 5.98. The molecule has 1 amide bonds. The summed E-state index contributed by atoms with van der Waals surface area (Å²) in [6.45, 7) is 7.95. The molecule has 1 N–H and O–H groups in total. The Bertz CT molecular complexity index is 745. The fourth-order valence-corrected chi connectivity index (χ4v) is 5.05. The molecule has 2 aromatic rings. The molecule has 0 radical (unpaired) electrons. The number of carbonyl (C=O) groups excluding carboxylic acids is 1. The quantitative estimate of drug-likeness (QED) is 0.841. The number of carbonyl (C=O) groups is 1. The van der Waals surface area contributed by atoms with Crippen molar-refractivity contribution in [3.05, 3.63) is 36.0 Å². The zero-order valence-corrected chi connectivity index (χ0v) is 13.6. The Morgan fingerprint density at radius 2 is 2.05 bits per heavy atom. The van der Waals surface area contributed by atoms with Gasteiger partial charge >= 0.3 is 0 Å². The first kappa shape index (κ1) is 13.9. The number of hydrogen-bond acceptors (Lipinski definition) is 1. The standard InChI is InChI=1S/C19H24N2O/c1-18(2)9-15-10-19(3,11-18)12-21(15)17(22)14-4-5-16-13(8-14)6-7-20-16/h4-8,15,20H,9-12H2,1-3H3/t15-,19-/m1/s1. The second kappa shape index (κ2) is 4.37. The number of hydrogen-bond donors (Lipinski definition) is 1. The molecule has 0 spiro atoms. The zero-order chi connectivity index (χ0) is 15.5. The van der Waals surface area contributed by atoms with E-state index in [2.05, 4.69) is 30.7 Å². The SMILES string of the molecule is CC1(C)C[C@@H]2C[C@@](C)(CN2C(=O)c2ccc3[nH]ccc3c2)C1. The summed E-state index contributed by atoms with van der Waals surface area (Å²) in [4.78, 5) is 18.3. The van der Waals surface area contributed by atoms with Gasteiger partial charge in [0.25, 0.3) is 5.91 Å². The minimum absolute atomic E-state index is 0.203. The third kappa shape index (κ3) is 2.15. The fourth-order valence-electron chi connectivity index (χ4n) is 5.05. The third-order valence-corrected chi connectivity index (χ3v) is 5.48. The van der Waals surface area contributed by atoms with Crippen LogP contribution in [0.1, 0.15) is 50.4 Å². The molecule has 1 saturated heterocycles. The monoisotopic (exact) mass is 296 g/mol. The minimum atomic E-state index is 0.203. The molecule has 2 aliphatic rings. The number of aromatic nitrogens is 1. The van der Waals surface area contributed by atoms with Gasteiger partial charge in [-0.1, -0.05) is 20.8 Å². The molecule has 4 rings (SSSR count). The summed E-state index contributed by atoms with van der Waals surface area (Å²) in [6.07, 6.45) is 5.43. The zero-order valence-electron chi connectivity index (χ0n) is 13.6. The Hall–Kier alpha value is -1.77. The molecule has 2 heterocycles. The number of nitrogens with one attached hydrogen (secondary N) is 1. The van der Waals surface area contributed by atoms with Crippen LogP contribution < -0.4 is 0 Å². The summed E-state index contributed by atoms with van der Waals surface area (Å²) in [5, 5.41) is 1.11. The van der Waals surface area contributed by atoms with Gasteiger partial charge in [0.15, 0.2) is 0 Å². The van der Waals surface area contributed by atoms with Crippen LogP contribution in [0.2, 0.25) is 0 Å². The largest absolute Gasteiger partial charge is 0.361 e. The van der Waals surface area contributed by atoms with Gasteiger partial charge in [-0.25, -0.2) is 0 Å². The van der Waals surface area contributed by atoms with Crippen LogP contribution in [0.5, 0.6) is 0 Å². The van der Waals surface area contributed by atoms with Crippen LogP contribution in [0, 0.1) is 10.8 Å². The Labute approximate surface area is 131 Å². The molecule has 1 aliphatic heterocycles. The van der Waals surface area contributed by atoms with Gasteiger partial charge in [-0.05, 0) is 54.4 Å². The van der Waals surface area contributed by atoms with Gasteiger partial charge in [0.05, 0.1) is 0 Å². The summed E-state index contributed by atoms with van der Waals surface area (Å²) >= 11 is 0. The van der Waals surface area contributed by atoms with Gasteiger partial charge in [0, 0.05) is 35.2 Å². The number of amides is 1. The molecule has 1 aliphatic carbocycles. The van der Waals surface area contributed by atoms with Crippen molar-refractivity contribution in [2.75, 3.05) is 6.54 Å². The maximum absolute atomic E-state index is 13.0. The molecule has 116 valence electrons. The normalized spacial score (nSPS) is 30.0. The number of rotatable bonds is 1. The van der Waals surface area contributed by atoms with E-state index in [0.29, 0.717) is 16.9 Å². The van der Waals surface area contributed by atoms with E-state index in [9.17, 15) is 4.79 Å². The predicted molar refractivity (Wildman–Crippen MR) is 88.9 cm³/mol. The Kier molecular flexibility index (Phi) is 2.76. The lowest BCUT2D eigenvalue weighted by Gasteiger charge is -2.39. The van der Waals surface area contributed by atoms with E-state index < -0.39 is 0 Å². The highest BCUT2D eigenvalue weighted by Gasteiger charge is 2.50. The van der Waals surface area contributed by atoms with Gasteiger partial charge in [0.1, 0.15) is 0 Å². The molecule has 3 heteroatoms. The van der Waals surface area contributed by atoms with Crippen LogP contribution in [0.25, 0.3) is 10.9 Å². The van der Waals surface area contributed by atoms with Crippen molar-refractivity contribution < 1.29 is 4.79 Å². The third-order valence-electron chi connectivity index (χ3n) is 5.48. The number of benzene rings is 1. The lowest BCUT2D eigenvalue weighted by atomic mass is 9.65. The van der Waals surface area contributed by atoms with E-state index in [1.165, 1.54) is 6.42 Å². The first-order valence-electron chi connectivity index (χ1n) is 8.24. The number of nitrogens with zero attached hydrogens (tertiary/aromatic N) is 1. The molecule has 2 bridgehead atoms. The summed E-state index contributed by atoms with van der Waals surface area (Å²) in [5.74, 6) is 0.203. The lowest BCUT2D eigenvalue weighted by molar-refractivity contribution is 0.0708. The summed E-state index contributed by atoms with van der Waals surface area (Å²) in [7, 11) is 0. The average Bonchev–Trinajstić information content (AvgIpc) is 2.97. The highest BCUT2D eigenvalue weighted by Crippen LogP contribution is 2.52. The van der Waals surface area contributed by atoms with Crippen molar-refractivity contribution in [3.63, 3.8) is 0 Å². The van der Waals surface area contributed by atoms with Gasteiger partial charge in [-0.2, -0.15) is 0 Å². The highest BCUT2D eigenvalue weighted by atomic mass is 16.2. The molecule has 1 aromatic heterocycles. The van der Waals surface area contributed by atoms with E-state index in [1.54, 1.807) is 0 Å². The topological polar surface area (TPSA) is 36.1 Å². The number of H-pyrrole nitrogens is 1. The molecular weight excluding hydrogens is 272 g/mol. The molecule has 1 saturated carbocycles. The van der Waals surface area contributed by atoms with Gasteiger partial charge in [0.2, 0.25) is 0 Å². The van der Waals surface area contributed by atoms with Crippen LogP contribution in [0.15, 0.2) is 30.5 Å². The molecule has 2 atom stereocenters. The number of likely N-dealkylation sites (tertiary alicyclic amines) is 1. The molecule has 2 fully saturated rings. The van der Waals surface area contributed by atoms with Crippen molar-refractivity contribution >= 4 is 16.8 Å². The van der Waals surface area contributed by atoms with Gasteiger partial charge < -0.3 is 9.88 Å². The van der Waals surface area contributed by atoms with E-state index in [-0.39, 0.29) is 5.91 Å². The second-order valence-electron chi connectivity index (χ2n) is 8.43. The van der Waals surface area contributed by atoms with Crippen LogP contribution in [-0.4, -0.2) is 28.4 Å². The van der Waals surface area contributed by atoms with Crippen molar-refractivity contribution in [2.45, 2.75) is 46.1 Å². The second-order valence-corrected chi connectivity index (χ2v) is 8.43. The molecule has 0 unspecified atom stereocenters. The van der Waals surface area contributed by atoms with E-state index in [4.69, 9.17) is 0 Å². The van der Waals surface area contributed by atoms with Gasteiger partial charge in [-0.3, -0.25) is 4.79 Å². The average molecular weight is 296 g/mol. The van der Waals surface area contributed by atoms with E-state index in [1.807, 2.05) is 30.5 Å². The number of fused-ring (bicyclic) bond motifs is 3. The van der Waals surface area contributed by atoms with Crippen LogP contribution in [-0.2, 0) is 0 Å². The lowest BCUT2D eigenvalue weighted by Crippen LogP contribution is -2.37. The molecular formula is C19H24N2O. The van der Waals surface area contributed by atoms with E-state index in [0.717, 1.165) is 35.9 Å². The molecule has 22 heavy (non-hydrogen) atoms. The summed E-state index contributed by atoms with van der Waals surface area (Å²) in [6, 6.07) is 8.42. The van der Waals surface area contributed by atoms with Gasteiger partial charge in [-0.15, -0.1) is 0 Å². The smallest absolute Gasteiger partial charge is 0.254 e. The Balaban J connectivity index is 1.65. The van der Waals surface area contributed by atoms with Crippen molar-refractivity contribution in [1.82, 2.24) is 9.88 Å². The van der Waals surface area contributed by atoms with Crippen molar-refractivity contribution in [2.24, 2.45) is 10.8 Å². The van der Waals surface area contributed by atoms with E-state index >= 15 is 0 Å². The Morgan fingerprint density at radius 1 is 1.23 bits per heavy atom.